The van der Waals surface area contributed by atoms with Crippen molar-refractivity contribution in [2.24, 2.45) is 0 Å². The number of aryl methyl sites for hydroxylation is 1. The van der Waals surface area contributed by atoms with Gasteiger partial charge in [-0.05, 0) is 18.6 Å². The van der Waals surface area contributed by atoms with Gasteiger partial charge in [0.15, 0.2) is 5.82 Å². The predicted octanol–water partition coefficient (Wildman–Crippen LogP) is 1.51. The summed E-state index contributed by atoms with van der Waals surface area (Å²) in [6.45, 7) is 1.99. The zero-order chi connectivity index (χ0) is 10.7. The standard InChI is InChI=1S/C10H11N5/c1-7-2-3-12-4-8(7)14-10-6-13-5-9(11)15-10/h2-6H,1H3,(H3,11,14,15). The minimum Gasteiger partial charge on any atom is -0.382 e. The van der Waals surface area contributed by atoms with Crippen molar-refractivity contribution >= 4 is 17.3 Å². The molecule has 0 unspecified atom stereocenters. The van der Waals surface area contributed by atoms with Crippen LogP contribution in [0.5, 0.6) is 0 Å². The number of nitrogens with one attached hydrogen (secondary N) is 1. The molecule has 0 aliphatic heterocycles. The van der Waals surface area contributed by atoms with E-state index in [1.165, 1.54) is 6.20 Å². The van der Waals surface area contributed by atoms with Gasteiger partial charge in [0.25, 0.3) is 0 Å². The molecule has 2 rings (SSSR count). The van der Waals surface area contributed by atoms with Gasteiger partial charge in [-0.2, -0.15) is 0 Å². The van der Waals surface area contributed by atoms with Crippen LogP contribution >= 0.6 is 0 Å². The Bertz CT molecular complexity index is 469. The van der Waals surface area contributed by atoms with Gasteiger partial charge in [0.1, 0.15) is 5.82 Å². The summed E-state index contributed by atoms with van der Waals surface area (Å²) in [6, 6.07) is 1.92. The third-order valence-electron chi connectivity index (χ3n) is 1.95. The maximum atomic E-state index is 5.52. The molecule has 0 bridgehead atoms. The molecular formula is C10H11N5. The van der Waals surface area contributed by atoms with E-state index >= 15 is 0 Å². The zero-order valence-electron chi connectivity index (χ0n) is 8.31. The van der Waals surface area contributed by atoms with E-state index in [1.807, 2.05) is 13.0 Å². The number of nitrogens with zero attached hydrogens (tertiary/aromatic N) is 3. The Balaban J connectivity index is 2.26. The Morgan fingerprint density at radius 3 is 2.80 bits per heavy atom. The first kappa shape index (κ1) is 9.39. The topological polar surface area (TPSA) is 76.7 Å². The van der Waals surface area contributed by atoms with Crippen molar-refractivity contribution in [2.45, 2.75) is 6.92 Å². The summed E-state index contributed by atoms with van der Waals surface area (Å²) in [5.74, 6) is 1.01. The third-order valence-corrected chi connectivity index (χ3v) is 1.95. The summed E-state index contributed by atoms with van der Waals surface area (Å²) in [5.41, 5.74) is 7.51. The molecule has 3 N–H and O–H groups in total. The van der Waals surface area contributed by atoms with E-state index < -0.39 is 0 Å². The van der Waals surface area contributed by atoms with E-state index in [1.54, 1.807) is 18.6 Å². The Kier molecular flexibility index (Phi) is 2.45. The molecule has 0 saturated heterocycles. The van der Waals surface area contributed by atoms with Gasteiger partial charge >= 0.3 is 0 Å². The number of hydrogen-bond donors (Lipinski definition) is 2. The normalized spacial score (nSPS) is 9.93. The lowest BCUT2D eigenvalue weighted by atomic mass is 10.2. The van der Waals surface area contributed by atoms with Crippen molar-refractivity contribution in [3.8, 4) is 0 Å². The summed E-state index contributed by atoms with van der Waals surface area (Å²) in [5, 5.41) is 3.10. The lowest BCUT2D eigenvalue weighted by molar-refractivity contribution is 1.19. The van der Waals surface area contributed by atoms with Crippen molar-refractivity contribution in [2.75, 3.05) is 11.1 Å². The second kappa shape index (κ2) is 3.91. The van der Waals surface area contributed by atoms with E-state index in [0.29, 0.717) is 11.6 Å². The van der Waals surface area contributed by atoms with Gasteiger partial charge in [-0.3, -0.25) is 9.97 Å². The summed E-state index contributed by atoms with van der Waals surface area (Å²) in [7, 11) is 0. The van der Waals surface area contributed by atoms with Gasteiger partial charge in [0, 0.05) is 6.20 Å². The number of rotatable bonds is 2. The molecule has 0 amide bonds. The lowest BCUT2D eigenvalue weighted by Gasteiger charge is -2.07. The average Bonchev–Trinajstić information content (AvgIpc) is 2.22. The van der Waals surface area contributed by atoms with Gasteiger partial charge in [-0.25, -0.2) is 4.98 Å². The summed E-state index contributed by atoms with van der Waals surface area (Å²) < 4.78 is 0. The quantitative estimate of drug-likeness (QED) is 0.770. The molecule has 0 atom stereocenters. The average molecular weight is 201 g/mol. The van der Waals surface area contributed by atoms with Crippen LogP contribution in [0.2, 0.25) is 0 Å². The first-order valence-corrected chi connectivity index (χ1v) is 4.51. The molecule has 15 heavy (non-hydrogen) atoms. The van der Waals surface area contributed by atoms with Crippen molar-refractivity contribution < 1.29 is 0 Å². The molecule has 2 aromatic rings. The zero-order valence-corrected chi connectivity index (χ0v) is 8.31. The smallest absolute Gasteiger partial charge is 0.151 e. The second-order valence-electron chi connectivity index (χ2n) is 3.14. The molecule has 0 radical (unpaired) electrons. The van der Waals surface area contributed by atoms with E-state index in [4.69, 9.17) is 5.73 Å². The third kappa shape index (κ3) is 2.19. The Labute approximate surface area is 87.4 Å². The highest BCUT2D eigenvalue weighted by Gasteiger charge is 1.99. The van der Waals surface area contributed by atoms with E-state index in [2.05, 4.69) is 20.3 Å². The van der Waals surface area contributed by atoms with Crippen LogP contribution in [0, 0.1) is 6.92 Å². The number of aromatic nitrogens is 3. The molecule has 0 aliphatic rings. The van der Waals surface area contributed by atoms with Crippen LogP contribution < -0.4 is 11.1 Å². The fourth-order valence-corrected chi connectivity index (χ4v) is 1.17. The van der Waals surface area contributed by atoms with E-state index in [-0.39, 0.29) is 0 Å². The monoisotopic (exact) mass is 201 g/mol. The van der Waals surface area contributed by atoms with Crippen LogP contribution in [-0.4, -0.2) is 15.0 Å². The molecule has 0 aliphatic carbocycles. The van der Waals surface area contributed by atoms with E-state index in [0.717, 1.165) is 11.3 Å². The van der Waals surface area contributed by atoms with Crippen molar-refractivity contribution in [3.05, 3.63) is 36.4 Å². The summed E-state index contributed by atoms with van der Waals surface area (Å²) >= 11 is 0. The predicted molar refractivity (Wildman–Crippen MR) is 58.7 cm³/mol. The largest absolute Gasteiger partial charge is 0.382 e. The molecule has 0 spiro atoms. The molecule has 0 saturated carbocycles. The minimum absolute atomic E-state index is 0.390. The molecule has 76 valence electrons. The minimum atomic E-state index is 0.390. The highest BCUT2D eigenvalue weighted by Crippen LogP contribution is 2.16. The van der Waals surface area contributed by atoms with Gasteiger partial charge in [0.2, 0.25) is 0 Å². The molecular weight excluding hydrogens is 190 g/mol. The molecule has 2 heterocycles. The number of anilines is 3. The molecule has 2 aromatic heterocycles. The van der Waals surface area contributed by atoms with Gasteiger partial charge < -0.3 is 11.1 Å². The fourth-order valence-electron chi connectivity index (χ4n) is 1.17. The Morgan fingerprint density at radius 1 is 1.20 bits per heavy atom. The molecule has 0 aromatic carbocycles. The first-order valence-electron chi connectivity index (χ1n) is 4.51. The van der Waals surface area contributed by atoms with Crippen LogP contribution in [0.25, 0.3) is 0 Å². The number of pyridine rings is 1. The van der Waals surface area contributed by atoms with E-state index in [9.17, 15) is 0 Å². The van der Waals surface area contributed by atoms with Crippen molar-refractivity contribution in [3.63, 3.8) is 0 Å². The Hall–Kier alpha value is -2.17. The maximum absolute atomic E-state index is 5.52. The summed E-state index contributed by atoms with van der Waals surface area (Å²) in [4.78, 5) is 12.0. The lowest BCUT2D eigenvalue weighted by Crippen LogP contribution is -1.99. The molecule has 5 nitrogen and oxygen atoms in total. The molecule has 0 fully saturated rings. The summed E-state index contributed by atoms with van der Waals surface area (Å²) in [6.07, 6.45) is 6.59. The van der Waals surface area contributed by atoms with Gasteiger partial charge in [-0.15, -0.1) is 0 Å². The number of nitrogen functional groups attached to an aromatic ring is 1. The van der Waals surface area contributed by atoms with Gasteiger partial charge in [-0.1, -0.05) is 0 Å². The second-order valence-corrected chi connectivity index (χ2v) is 3.14. The van der Waals surface area contributed by atoms with Crippen LogP contribution in [0.15, 0.2) is 30.9 Å². The van der Waals surface area contributed by atoms with Gasteiger partial charge in [0.05, 0.1) is 24.3 Å². The van der Waals surface area contributed by atoms with Crippen LogP contribution in [0.4, 0.5) is 17.3 Å². The molecule has 5 heteroatoms. The van der Waals surface area contributed by atoms with Crippen molar-refractivity contribution in [1.82, 2.24) is 15.0 Å². The highest BCUT2D eigenvalue weighted by molar-refractivity contribution is 5.58. The van der Waals surface area contributed by atoms with Crippen LogP contribution in [0.3, 0.4) is 0 Å². The Morgan fingerprint density at radius 2 is 2.07 bits per heavy atom. The first-order chi connectivity index (χ1) is 7.25. The van der Waals surface area contributed by atoms with Crippen molar-refractivity contribution in [1.29, 1.82) is 0 Å². The fraction of sp³-hybridized carbons (Fsp3) is 0.100. The number of nitrogens with two attached hydrogens (primary N) is 1. The van der Waals surface area contributed by atoms with Crippen LogP contribution in [-0.2, 0) is 0 Å². The highest BCUT2D eigenvalue weighted by atomic mass is 15.0. The maximum Gasteiger partial charge on any atom is 0.151 e. The number of hydrogen-bond acceptors (Lipinski definition) is 5. The van der Waals surface area contributed by atoms with Crippen LogP contribution in [0.1, 0.15) is 5.56 Å². The SMILES string of the molecule is Cc1ccncc1Nc1cncc(N)n1.